The van der Waals surface area contributed by atoms with Gasteiger partial charge in [0.25, 0.3) is 0 Å². The maximum Gasteiger partial charge on any atom is 0.159 e. The minimum atomic E-state index is -0.286. The van der Waals surface area contributed by atoms with E-state index in [1.54, 1.807) is 0 Å². The number of fused-ring (bicyclic) bond motifs is 5. The molecule has 4 rings (SSSR count). The molecule has 3 saturated carbocycles. The summed E-state index contributed by atoms with van der Waals surface area (Å²) in [5.74, 6) is 1.26. The molecule has 1 N–H and O–H groups in total. The minimum Gasteiger partial charge on any atom is -0.393 e. The van der Waals surface area contributed by atoms with E-state index in [0.29, 0.717) is 24.5 Å². The van der Waals surface area contributed by atoms with Crippen LogP contribution in [0.15, 0.2) is 11.6 Å². The summed E-state index contributed by atoms with van der Waals surface area (Å²) in [5, 5.41) is 9.97. The largest absolute Gasteiger partial charge is 0.393 e. The molecule has 0 amide bonds. The highest BCUT2D eigenvalue weighted by Crippen LogP contribution is 2.63. The highest BCUT2D eigenvalue weighted by molar-refractivity contribution is 5.96. The van der Waals surface area contributed by atoms with E-state index in [-0.39, 0.29) is 34.6 Å². The predicted octanol–water partition coefficient (Wildman–Crippen LogP) is 3.06. The van der Waals surface area contributed by atoms with E-state index in [0.717, 1.165) is 32.1 Å². The van der Waals surface area contributed by atoms with Crippen molar-refractivity contribution in [2.45, 2.75) is 64.9 Å². The molecule has 3 fully saturated rings. The molecule has 0 radical (unpaired) electrons. The smallest absolute Gasteiger partial charge is 0.159 e. The lowest BCUT2D eigenvalue weighted by atomic mass is 9.48. The molecule has 0 aromatic rings. The highest BCUT2D eigenvalue weighted by Gasteiger charge is 2.60. The van der Waals surface area contributed by atoms with Crippen molar-refractivity contribution < 1.29 is 14.7 Å². The van der Waals surface area contributed by atoms with Crippen LogP contribution in [0.1, 0.15) is 58.8 Å². The molecule has 0 saturated heterocycles. The van der Waals surface area contributed by atoms with E-state index in [4.69, 9.17) is 0 Å². The number of Topliss-reactive ketones (excluding diaryl/α,β-unsaturated/α-hetero) is 1. The van der Waals surface area contributed by atoms with Crippen LogP contribution in [-0.4, -0.2) is 22.8 Å². The molecule has 0 aromatic carbocycles. The molecule has 4 aliphatic rings. The first-order chi connectivity index (χ1) is 10.4. The Labute approximate surface area is 132 Å². The number of carbonyl (C=O) groups is 2. The third kappa shape index (κ3) is 1.72. The van der Waals surface area contributed by atoms with Gasteiger partial charge >= 0.3 is 0 Å². The second-order valence-corrected chi connectivity index (χ2v) is 8.54. The first-order valence-electron chi connectivity index (χ1n) is 8.82. The van der Waals surface area contributed by atoms with E-state index < -0.39 is 0 Å². The zero-order valence-corrected chi connectivity index (χ0v) is 13.6. The number of carbonyl (C=O) groups excluding carboxylic acids is 2. The fraction of sp³-hybridized carbons (Fsp3) is 0.789. The van der Waals surface area contributed by atoms with Crippen molar-refractivity contribution in [2.75, 3.05) is 0 Å². The van der Waals surface area contributed by atoms with Crippen molar-refractivity contribution in [3.8, 4) is 0 Å². The minimum absolute atomic E-state index is 0.0363. The Morgan fingerprint density at radius 2 is 1.73 bits per heavy atom. The Bertz CT molecular complexity index is 577. The van der Waals surface area contributed by atoms with Crippen LogP contribution < -0.4 is 0 Å². The maximum absolute atomic E-state index is 12.9. The van der Waals surface area contributed by atoms with Gasteiger partial charge in [-0.25, -0.2) is 0 Å². The highest BCUT2D eigenvalue weighted by atomic mass is 16.3. The lowest BCUT2D eigenvalue weighted by Gasteiger charge is -2.55. The van der Waals surface area contributed by atoms with Gasteiger partial charge in [0.05, 0.1) is 6.10 Å². The third-order valence-electron chi connectivity index (χ3n) is 7.63. The topological polar surface area (TPSA) is 54.4 Å². The summed E-state index contributed by atoms with van der Waals surface area (Å²) in [6, 6.07) is 0. The van der Waals surface area contributed by atoms with Crippen LogP contribution in [-0.2, 0) is 9.59 Å². The maximum atomic E-state index is 12.9. The van der Waals surface area contributed by atoms with Gasteiger partial charge in [-0.05, 0) is 61.9 Å². The number of aliphatic hydroxyl groups excluding tert-OH is 1. The standard InChI is InChI=1S/C19H26O3/c1-18-7-5-12(20)9-11(18)10-15(21)17-13-3-4-16(22)19(13,2)8-6-14(17)18/h10,12-14,17,20H,3-9H2,1-2H3/t12-,13-,14+,17+,18-,19-/m0/s1. The summed E-state index contributed by atoms with van der Waals surface area (Å²) >= 11 is 0. The third-order valence-corrected chi connectivity index (χ3v) is 7.63. The van der Waals surface area contributed by atoms with E-state index in [1.807, 2.05) is 6.08 Å². The SMILES string of the molecule is C[C@]12CC[C@H](O)CC1=CC(=O)[C@H]1[C@H]2CC[C@]2(C)C(=O)CC[C@@H]12. The molecule has 0 bridgehead atoms. The Hall–Kier alpha value is -0.960. The van der Waals surface area contributed by atoms with Crippen molar-refractivity contribution in [3.63, 3.8) is 0 Å². The first-order valence-corrected chi connectivity index (χ1v) is 8.82. The van der Waals surface area contributed by atoms with Gasteiger partial charge < -0.3 is 5.11 Å². The molecule has 3 nitrogen and oxygen atoms in total. The second-order valence-electron chi connectivity index (χ2n) is 8.54. The van der Waals surface area contributed by atoms with Gasteiger partial charge in [0.1, 0.15) is 5.78 Å². The van der Waals surface area contributed by atoms with Crippen LogP contribution in [0.5, 0.6) is 0 Å². The summed E-state index contributed by atoms with van der Waals surface area (Å²) in [6.07, 6.45) is 7.51. The summed E-state index contributed by atoms with van der Waals surface area (Å²) in [4.78, 5) is 25.2. The fourth-order valence-corrected chi connectivity index (χ4v) is 6.16. The molecular formula is C19H26O3. The fourth-order valence-electron chi connectivity index (χ4n) is 6.16. The van der Waals surface area contributed by atoms with Gasteiger partial charge in [-0.2, -0.15) is 0 Å². The van der Waals surface area contributed by atoms with Gasteiger partial charge in [0.15, 0.2) is 5.78 Å². The molecule has 0 aliphatic heterocycles. The van der Waals surface area contributed by atoms with Gasteiger partial charge in [-0.15, -0.1) is 0 Å². The van der Waals surface area contributed by atoms with Crippen molar-refractivity contribution >= 4 is 11.6 Å². The summed E-state index contributed by atoms with van der Waals surface area (Å²) < 4.78 is 0. The van der Waals surface area contributed by atoms with Crippen molar-refractivity contribution in [2.24, 2.45) is 28.6 Å². The van der Waals surface area contributed by atoms with E-state index in [9.17, 15) is 14.7 Å². The number of rotatable bonds is 0. The Balaban J connectivity index is 1.76. The van der Waals surface area contributed by atoms with Crippen LogP contribution in [0.3, 0.4) is 0 Å². The molecule has 0 aromatic heterocycles. The zero-order valence-electron chi connectivity index (χ0n) is 13.6. The van der Waals surface area contributed by atoms with Gasteiger partial charge in [-0.1, -0.05) is 19.4 Å². The molecule has 4 aliphatic carbocycles. The van der Waals surface area contributed by atoms with Crippen LogP contribution in [0.4, 0.5) is 0 Å². The van der Waals surface area contributed by atoms with Crippen LogP contribution in [0.25, 0.3) is 0 Å². The van der Waals surface area contributed by atoms with Gasteiger partial charge in [-0.3, -0.25) is 9.59 Å². The number of ketones is 2. The number of hydrogen-bond donors (Lipinski definition) is 1. The normalized spacial score (nSPS) is 51.0. The van der Waals surface area contributed by atoms with E-state index >= 15 is 0 Å². The van der Waals surface area contributed by atoms with Gasteiger partial charge in [0.2, 0.25) is 0 Å². The molecule has 0 spiro atoms. The van der Waals surface area contributed by atoms with E-state index in [2.05, 4.69) is 13.8 Å². The second kappa shape index (κ2) is 4.53. The number of aliphatic hydroxyl groups is 1. The first kappa shape index (κ1) is 14.6. The molecular weight excluding hydrogens is 276 g/mol. The number of hydrogen-bond acceptors (Lipinski definition) is 3. The van der Waals surface area contributed by atoms with Gasteiger partial charge in [0, 0.05) is 17.8 Å². The Morgan fingerprint density at radius 3 is 2.50 bits per heavy atom. The molecule has 0 heterocycles. The molecule has 22 heavy (non-hydrogen) atoms. The zero-order chi connectivity index (χ0) is 15.7. The molecule has 0 unspecified atom stereocenters. The summed E-state index contributed by atoms with van der Waals surface area (Å²) in [7, 11) is 0. The summed E-state index contributed by atoms with van der Waals surface area (Å²) in [5.41, 5.74) is 0.975. The summed E-state index contributed by atoms with van der Waals surface area (Å²) in [6.45, 7) is 4.40. The molecule has 120 valence electrons. The quantitative estimate of drug-likeness (QED) is 0.748. The van der Waals surface area contributed by atoms with Crippen LogP contribution in [0.2, 0.25) is 0 Å². The van der Waals surface area contributed by atoms with Crippen LogP contribution in [0, 0.1) is 28.6 Å². The average molecular weight is 302 g/mol. The Morgan fingerprint density at radius 1 is 1.05 bits per heavy atom. The predicted molar refractivity (Wildman–Crippen MR) is 83.1 cm³/mol. The van der Waals surface area contributed by atoms with Crippen molar-refractivity contribution in [1.82, 2.24) is 0 Å². The monoisotopic (exact) mass is 302 g/mol. The number of allylic oxidation sites excluding steroid dienone is 1. The van der Waals surface area contributed by atoms with Crippen molar-refractivity contribution in [1.29, 1.82) is 0 Å². The molecule has 3 heteroatoms. The van der Waals surface area contributed by atoms with Crippen LogP contribution >= 0.6 is 0 Å². The molecule has 6 atom stereocenters. The lowest BCUT2D eigenvalue weighted by Crippen LogP contribution is -2.53. The van der Waals surface area contributed by atoms with E-state index in [1.165, 1.54) is 5.57 Å². The Kier molecular flexibility index (Phi) is 3.01. The lowest BCUT2D eigenvalue weighted by molar-refractivity contribution is -0.139. The van der Waals surface area contributed by atoms with Crippen molar-refractivity contribution in [3.05, 3.63) is 11.6 Å². The average Bonchev–Trinajstić information content (AvgIpc) is 2.77.